The van der Waals surface area contributed by atoms with E-state index in [2.05, 4.69) is 21.2 Å². The Morgan fingerprint density at radius 3 is 2.28 bits per heavy atom. The van der Waals surface area contributed by atoms with Crippen LogP contribution < -0.4 is 14.4 Å². The van der Waals surface area contributed by atoms with E-state index in [0.29, 0.717) is 12.3 Å². The fourth-order valence-electron chi connectivity index (χ4n) is 5.07. The molecule has 0 unspecified atom stereocenters. The average molecular weight is 741 g/mol. The molecule has 0 aliphatic heterocycles. The van der Waals surface area contributed by atoms with Crippen molar-refractivity contribution < 1.29 is 22.7 Å². The molecule has 4 rings (SSSR count). The lowest BCUT2D eigenvalue weighted by Crippen LogP contribution is -2.53. The van der Waals surface area contributed by atoms with Crippen molar-refractivity contribution in [3.05, 3.63) is 123 Å². The van der Waals surface area contributed by atoms with Gasteiger partial charge in [0.1, 0.15) is 18.3 Å². The molecule has 0 saturated carbocycles. The zero-order chi connectivity index (χ0) is 34.0. The number of hydrogen-bond donors (Lipinski definition) is 1. The van der Waals surface area contributed by atoms with Crippen molar-refractivity contribution in [1.82, 2.24) is 10.2 Å². The fourth-order valence-corrected chi connectivity index (χ4v) is 7.17. The number of hydrogen-bond acceptors (Lipinski definition) is 5. The van der Waals surface area contributed by atoms with Crippen molar-refractivity contribution in [2.24, 2.45) is 0 Å². The van der Waals surface area contributed by atoms with Crippen LogP contribution in [0.2, 0.25) is 5.02 Å². The predicted molar refractivity (Wildman–Crippen MR) is 190 cm³/mol. The molecule has 0 radical (unpaired) electrons. The molecule has 11 heteroatoms. The average Bonchev–Trinajstić information content (AvgIpc) is 3.05. The van der Waals surface area contributed by atoms with Crippen LogP contribution in [0.25, 0.3) is 0 Å². The third-order valence-corrected chi connectivity index (χ3v) is 10.2. The second-order valence-electron chi connectivity index (χ2n) is 11.1. The van der Waals surface area contributed by atoms with E-state index < -0.39 is 28.5 Å². The summed E-state index contributed by atoms with van der Waals surface area (Å²) in [6, 6.07) is 27.0. The molecule has 0 aliphatic carbocycles. The largest absolute Gasteiger partial charge is 0.495 e. The molecule has 0 aliphatic rings. The van der Waals surface area contributed by atoms with Gasteiger partial charge in [-0.25, -0.2) is 8.42 Å². The normalized spacial score (nSPS) is 11.9. The molecule has 248 valence electrons. The highest BCUT2D eigenvalue weighted by molar-refractivity contribution is 9.10. The van der Waals surface area contributed by atoms with Gasteiger partial charge in [-0.1, -0.05) is 101 Å². The first-order valence-corrected chi connectivity index (χ1v) is 17.9. The van der Waals surface area contributed by atoms with E-state index in [1.165, 1.54) is 30.2 Å². The molecule has 0 saturated heterocycles. The summed E-state index contributed by atoms with van der Waals surface area (Å²) < 4.78 is 35.6. The Balaban J connectivity index is 1.81. The van der Waals surface area contributed by atoms with Gasteiger partial charge in [0.15, 0.2) is 0 Å². The number of methoxy groups -OCH3 is 1. The van der Waals surface area contributed by atoms with Crippen LogP contribution in [-0.2, 0) is 32.6 Å². The summed E-state index contributed by atoms with van der Waals surface area (Å²) >= 11 is 9.96. The first kappa shape index (κ1) is 36.0. The van der Waals surface area contributed by atoms with Crippen molar-refractivity contribution in [2.45, 2.75) is 50.6 Å². The van der Waals surface area contributed by atoms with E-state index in [-0.39, 0.29) is 34.5 Å². The number of amides is 2. The number of nitrogens with zero attached hydrogens (tertiary/aromatic N) is 2. The van der Waals surface area contributed by atoms with Crippen LogP contribution in [0.5, 0.6) is 5.75 Å². The lowest BCUT2D eigenvalue weighted by Gasteiger charge is -2.34. The number of sulfonamides is 1. The van der Waals surface area contributed by atoms with Gasteiger partial charge in [-0.3, -0.25) is 13.9 Å². The summed E-state index contributed by atoms with van der Waals surface area (Å²) in [4.78, 5) is 29.9. The SMILES string of the molecule is CCCCNC(=O)[C@@H](Cc1ccccc1)N(Cc1cccc(Br)c1)C(=O)CN(c1ccc(OC)c(Cl)c1)S(=O)(=O)c1ccc(C)cc1. The maximum atomic E-state index is 14.6. The molecule has 2 amide bonds. The number of benzene rings is 4. The van der Waals surface area contributed by atoms with Crippen LogP contribution in [0.1, 0.15) is 36.5 Å². The number of unbranched alkanes of at least 4 members (excludes halogenated alkanes) is 1. The Hall–Kier alpha value is -3.86. The Labute approximate surface area is 290 Å². The summed E-state index contributed by atoms with van der Waals surface area (Å²) in [7, 11) is -2.80. The second-order valence-corrected chi connectivity index (χ2v) is 14.3. The van der Waals surface area contributed by atoms with Crippen LogP contribution in [0.15, 0.2) is 106 Å². The smallest absolute Gasteiger partial charge is 0.264 e. The minimum Gasteiger partial charge on any atom is -0.495 e. The third-order valence-electron chi connectivity index (χ3n) is 7.65. The van der Waals surface area contributed by atoms with Crippen LogP contribution >= 0.6 is 27.5 Å². The molecule has 1 atom stereocenters. The van der Waals surface area contributed by atoms with E-state index in [9.17, 15) is 18.0 Å². The molecule has 0 aromatic heterocycles. The van der Waals surface area contributed by atoms with Gasteiger partial charge in [-0.05, 0) is 66.9 Å². The highest BCUT2D eigenvalue weighted by Crippen LogP contribution is 2.32. The first-order valence-electron chi connectivity index (χ1n) is 15.3. The standard InChI is InChI=1S/C36H39BrClN3O5S/c1-4-5-20-39-36(43)33(22-27-10-7-6-8-11-27)40(24-28-12-9-13-29(37)21-28)35(42)25-41(30-16-19-34(46-3)32(38)23-30)47(44,45)31-17-14-26(2)15-18-31/h6-19,21,23,33H,4-5,20,22,24-25H2,1-3H3,(H,39,43)/t33-/m1/s1. The molecule has 4 aromatic rings. The molecule has 0 heterocycles. The second kappa shape index (κ2) is 16.8. The number of nitrogens with one attached hydrogen (secondary N) is 1. The lowest BCUT2D eigenvalue weighted by molar-refractivity contribution is -0.140. The molecule has 47 heavy (non-hydrogen) atoms. The molecular formula is C36H39BrClN3O5S. The number of ether oxygens (including phenoxy) is 1. The van der Waals surface area contributed by atoms with Crippen molar-refractivity contribution in [1.29, 1.82) is 0 Å². The van der Waals surface area contributed by atoms with Gasteiger partial charge < -0.3 is 15.0 Å². The Morgan fingerprint density at radius 1 is 0.936 bits per heavy atom. The minimum absolute atomic E-state index is 0.0134. The maximum absolute atomic E-state index is 14.6. The summed E-state index contributed by atoms with van der Waals surface area (Å²) in [6.07, 6.45) is 1.91. The predicted octanol–water partition coefficient (Wildman–Crippen LogP) is 7.17. The number of halogens is 2. The van der Waals surface area contributed by atoms with Crippen molar-refractivity contribution in [2.75, 3.05) is 24.5 Å². The van der Waals surface area contributed by atoms with E-state index in [4.69, 9.17) is 16.3 Å². The molecule has 0 spiro atoms. The summed E-state index contributed by atoms with van der Waals surface area (Å²) in [6.45, 7) is 3.83. The first-order chi connectivity index (χ1) is 22.5. The summed E-state index contributed by atoms with van der Waals surface area (Å²) in [5.41, 5.74) is 2.70. The van der Waals surface area contributed by atoms with E-state index in [0.717, 1.165) is 38.3 Å². The van der Waals surface area contributed by atoms with Gasteiger partial charge in [0, 0.05) is 24.0 Å². The Bertz CT molecular complexity index is 1770. The molecular weight excluding hydrogens is 702 g/mol. The van der Waals surface area contributed by atoms with E-state index in [1.807, 2.05) is 68.4 Å². The monoisotopic (exact) mass is 739 g/mol. The Morgan fingerprint density at radius 2 is 1.64 bits per heavy atom. The third kappa shape index (κ3) is 9.59. The van der Waals surface area contributed by atoms with Crippen molar-refractivity contribution >= 4 is 55.1 Å². The number of anilines is 1. The molecule has 0 fully saturated rings. The molecule has 8 nitrogen and oxygen atoms in total. The topological polar surface area (TPSA) is 96.0 Å². The summed E-state index contributed by atoms with van der Waals surface area (Å²) in [5, 5.41) is 3.18. The fraction of sp³-hybridized carbons (Fsp3) is 0.278. The van der Waals surface area contributed by atoms with Crippen molar-refractivity contribution in [3.63, 3.8) is 0 Å². The minimum atomic E-state index is -4.26. The van der Waals surface area contributed by atoms with Crippen molar-refractivity contribution in [3.8, 4) is 5.75 Å². The van der Waals surface area contributed by atoms with Crippen LogP contribution in [0.3, 0.4) is 0 Å². The molecule has 4 aromatic carbocycles. The van der Waals surface area contributed by atoms with Gasteiger partial charge in [-0.2, -0.15) is 0 Å². The van der Waals surface area contributed by atoms with Gasteiger partial charge in [0.25, 0.3) is 10.0 Å². The van der Waals surface area contributed by atoms with E-state index in [1.54, 1.807) is 24.3 Å². The zero-order valence-corrected chi connectivity index (χ0v) is 29.8. The lowest BCUT2D eigenvalue weighted by atomic mass is 10.0. The van der Waals surface area contributed by atoms with Crippen LogP contribution in [-0.4, -0.2) is 51.4 Å². The van der Waals surface area contributed by atoms with Crippen LogP contribution in [0, 0.1) is 6.92 Å². The quantitative estimate of drug-likeness (QED) is 0.131. The highest BCUT2D eigenvalue weighted by Gasteiger charge is 2.35. The van der Waals surface area contributed by atoms with Gasteiger partial charge in [0.05, 0.1) is 22.7 Å². The highest BCUT2D eigenvalue weighted by atomic mass is 79.9. The maximum Gasteiger partial charge on any atom is 0.264 e. The van der Waals surface area contributed by atoms with Crippen LogP contribution in [0.4, 0.5) is 5.69 Å². The number of aryl methyl sites for hydroxylation is 1. The van der Waals surface area contributed by atoms with Gasteiger partial charge >= 0.3 is 0 Å². The molecule has 0 bridgehead atoms. The molecule has 1 N–H and O–H groups in total. The summed E-state index contributed by atoms with van der Waals surface area (Å²) in [5.74, 6) is -0.511. The number of carbonyl (C=O) groups excluding carboxylic acids is 2. The van der Waals surface area contributed by atoms with E-state index >= 15 is 0 Å². The van der Waals surface area contributed by atoms with Gasteiger partial charge in [0.2, 0.25) is 11.8 Å². The zero-order valence-electron chi connectivity index (χ0n) is 26.7. The van der Waals surface area contributed by atoms with Gasteiger partial charge in [-0.15, -0.1) is 0 Å². The number of rotatable bonds is 15. The number of carbonyl (C=O) groups is 2. The Kier molecular flexibility index (Phi) is 12.9.